The molecule has 2 rings (SSSR count). The van der Waals surface area contributed by atoms with Crippen molar-refractivity contribution in [1.29, 1.82) is 0 Å². The predicted octanol–water partition coefficient (Wildman–Crippen LogP) is 0.539. The number of aliphatic carboxylic acids is 1. The number of sulfonamides is 1. The number of rotatable bonds is 4. The van der Waals surface area contributed by atoms with Crippen molar-refractivity contribution in [3.63, 3.8) is 0 Å². The van der Waals surface area contributed by atoms with Crippen LogP contribution < -0.4 is 0 Å². The first-order chi connectivity index (χ1) is 8.99. The van der Waals surface area contributed by atoms with Gasteiger partial charge in [-0.25, -0.2) is 12.7 Å². The molecule has 19 heavy (non-hydrogen) atoms. The molecule has 0 amide bonds. The van der Waals surface area contributed by atoms with Crippen molar-refractivity contribution in [3.8, 4) is 0 Å². The molecule has 1 atom stereocenters. The van der Waals surface area contributed by atoms with Gasteiger partial charge in [0.2, 0.25) is 10.0 Å². The van der Waals surface area contributed by atoms with Crippen LogP contribution in [0.2, 0.25) is 0 Å². The Balaban J connectivity index is 1.96. The second-order valence-corrected chi connectivity index (χ2v) is 7.38. The molecule has 2 heterocycles. The number of hydrogen-bond acceptors (Lipinski definition) is 4. The zero-order valence-corrected chi connectivity index (χ0v) is 11.8. The normalized spacial score (nSPS) is 27.3. The maximum absolute atomic E-state index is 12.3. The lowest BCUT2D eigenvalue weighted by molar-refractivity contribution is -0.142. The molecule has 0 radical (unpaired) electrons. The standard InChI is InChI=1S/C12H21NO5S/c14-12(15)11-2-1-5-13(8-11)19(16,17)9-10-3-6-18-7-4-10/h10-11H,1-9H2,(H,14,15). The van der Waals surface area contributed by atoms with Crippen LogP contribution >= 0.6 is 0 Å². The summed E-state index contributed by atoms with van der Waals surface area (Å²) in [5.41, 5.74) is 0. The molecular weight excluding hydrogens is 270 g/mol. The maximum Gasteiger partial charge on any atom is 0.307 e. The zero-order chi connectivity index (χ0) is 13.9. The van der Waals surface area contributed by atoms with Crippen molar-refractivity contribution >= 4 is 16.0 Å². The molecule has 1 N–H and O–H groups in total. The van der Waals surface area contributed by atoms with Gasteiger partial charge in [0.05, 0.1) is 11.7 Å². The maximum atomic E-state index is 12.3. The molecule has 0 bridgehead atoms. The van der Waals surface area contributed by atoms with Crippen LogP contribution in [0.4, 0.5) is 0 Å². The largest absolute Gasteiger partial charge is 0.481 e. The summed E-state index contributed by atoms with van der Waals surface area (Å²) in [7, 11) is -3.33. The summed E-state index contributed by atoms with van der Waals surface area (Å²) in [6.45, 7) is 1.83. The molecule has 0 aromatic carbocycles. The highest BCUT2D eigenvalue weighted by atomic mass is 32.2. The molecule has 6 nitrogen and oxygen atoms in total. The lowest BCUT2D eigenvalue weighted by atomic mass is 10.0. The van der Waals surface area contributed by atoms with E-state index in [2.05, 4.69) is 0 Å². The van der Waals surface area contributed by atoms with Gasteiger partial charge in [-0.2, -0.15) is 0 Å². The number of nitrogens with zero attached hydrogens (tertiary/aromatic N) is 1. The Kier molecular flexibility index (Phi) is 4.81. The lowest BCUT2D eigenvalue weighted by Gasteiger charge is -2.31. The Morgan fingerprint density at radius 3 is 2.58 bits per heavy atom. The van der Waals surface area contributed by atoms with Crippen molar-refractivity contribution in [2.75, 3.05) is 32.1 Å². The fourth-order valence-corrected chi connectivity index (χ4v) is 4.67. The molecule has 2 fully saturated rings. The molecule has 0 aromatic rings. The van der Waals surface area contributed by atoms with Crippen LogP contribution in [0.3, 0.4) is 0 Å². The highest BCUT2D eigenvalue weighted by Gasteiger charge is 2.33. The first kappa shape index (κ1) is 14.7. The predicted molar refractivity (Wildman–Crippen MR) is 69.3 cm³/mol. The summed E-state index contributed by atoms with van der Waals surface area (Å²) in [6, 6.07) is 0. The van der Waals surface area contributed by atoms with E-state index < -0.39 is 21.9 Å². The highest BCUT2D eigenvalue weighted by molar-refractivity contribution is 7.89. The third-order valence-electron chi connectivity index (χ3n) is 3.91. The Morgan fingerprint density at radius 2 is 1.95 bits per heavy atom. The number of carboxylic acids is 1. The average molecular weight is 291 g/mol. The molecule has 0 aromatic heterocycles. The smallest absolute Gasteiger partial charge is 0.307 e. The summed E-state index contributed by atoms with van der Waals surface area (Å²) < 4.78 is 31.2. The van der Waals surface area contributed by atoms with E-state index in [1.807, 2.05) is 0 Å². The third-order valence-corrected chi connectivity index (χ3v) is 5.93. The van der Waals surface area contributed by atoms with Crippen LogP contribution in [-0.4, -0.2) is 55.9 Å². The minimum absolute atomic E-state index is 0.126. The Morgan fingerprint density at radius 1 is 1.26 bits per heavy atom. The second kappa shape index (κ2) is 6.19. The lowest BCUT2D eigenvalue weighted by Crippen LogP contribution is -2.44. The second-order valence-electron chi connectivity index (χ2n) is 5.37. The zero-order valence-electron chi connectivity index (χ0n) is 11.0. The molecule has 0 aliphatic carbocycles. The van der Waals surface area contributed by atoms with Gasteiger partial charge in [0, 0.05) is 26.3 Å². The summed E-state index contributed by atoms with van der Waals surface area (Å²) in [4.78, 5) is 11.0. The minimum atomic E-state index is -3.33. The molecule has 0 saturated carbocycles. The van der Waals surface area contributed by atoms with Crippen molar-refractivity contribution in [2.45, 2.75) is 25.7 Å². The van der Waals surface area contributed by atoms with Gasteiger partial charge in [0.25, 0.3) is 0 Å². The van der Waals surface area contributed by atoms with Crippen LogP contribution in [-0.2, 0) is 19.6 Å². The highest BCUT2D eigenvalue weighted by Crippen LogP contribution is 2.23. The third kappa shape index (κ3) is 3.90. The molecular formula is C12H21NO5S. The van der Waals surface area contributed by atoms with Crippen LogP contribution in [0, 0.1) is 11.8 Å². The molecule has 2 aliphatic rings. The summed E-state index contributed by atoms with van der Waals surface area (Å²) in [5, 5.41) is 9.01. The molecule has 7 heteroatoms. The average Bonchev–Trinajstić information content (AvgIpc) is 2.39. The van der Waals surface area contributed by atoms with Crippen LogP contribution in [0.1, 0.15) is 25.7 Å². The van der Waals surface area contributed by atoms with Gasteiger partial charge in [-0.3, -0.25) is 4.79 Å². The van der Waals surface area contributed by atoms with E-state index in [0.29, 0.717) is 32.6 Å². The van der Waals surface area contributed by atoms with Crippen molar-refractivity contribution < 1.29 is 23.1 Å². The van der Waals surface area contributed by atoms with E-state index in [4.69, 9.17) is 9.84 Å². The number of hydrogen-bond donors (Lipinski definition) is 1. The first-order valence-electron chi connectivity index (χ1n) is 6.77. The Hall–Kier alpha value is -0.660. The Labute approximate surface area is 113 Å². The molecule has 0 spiro atoms. The minimum Gasteiger partial charge on any atom is -0.481 e. The van der Waals surface area contributed by atoms with Gasteiger partial charge in [-0.15, -0.1) is 0 Å². The van der Waals surface area contributed by atoms with Gasteiger partial charge in [0.15, 0.2) is 0 Å². The molecule has 2 saturated heterocycles. The van der Waals surface area contributed by atoms with Gasteiger partial charge in [-0.05, 0) is 31.6 Å². The van der Waals surface area contributed by atoms with Gasteiger partial charge < -0.3 is 9.84 Å². The van der Waals surface area contributed by atoms with Crippen molar-refractivity contribution in [2.24, 2.45) is 11.8 Å². The molecule has 110 valence electrons. The number of carbonyl (C=O) groups is 1. The van der Waals surface area contributed by atoms with E-state index in [9.17, 15) is 13.2 Å². The number of carboxylic acid groups (broad SMARTS) is 1. The summed E-state index contributed by atoms with van der Waals surface area (Å²) in [5.74, 6) is -1.18. The first-order valence-corrected chi connectivity index (χ1v) is 8.38. The summed E-state index contributed by atoms with van der Waals surface area (Å²) >= 11 is 0. The number of ether oxygens (including phenoxy) is 1. The van der Waals surface area contributed by atoms with E-state index >= 15 is 0 Å². The van der Waals surface area contributed by atoms with E-state index in [-0.39, 0.29) is 18.2 Å². The van der Waals surface area contributed by atoms with E-state index in [0.717, 1.165) is 12.8 Å². The van der Waals surface area contributed by atoms with Crippen LogP contribution in [0.5, 0.6) is 0 Å². The quantitative estimate of drug-likeness (QED) is 0.817. The Bertz CT molecular complexity index is 416. The van der Waals surface area contributed by atoms with Crippen molar-refractivity contribution in [3.05, 3.63) is 0 Å². The fourth-order valence-electron chi connectivity index (χ4n) is 2.71. The summed E-state index contributed by atoms with van der Waals surface area (Å²) in [6.07, 6.45) is 2.74. The van der Waals surface area contributed by atoms with Gasteiger partial charge in [-0.1, -0.05) is 0 Å². The fraction of sp³-hybridized carbons (Fsp3) is 0.917. The SMILES string of the molecule is O=C(O)C1CCCN(S(=O)(=O)CC2CCOCC2)C1. The van der Waals surface area contributed by atoms with E-state index in [1.165, 1.54) is 4.31 Å². The molecule has 1 unspecified atom stereocenters. The monoisotopic (exact) mass is 291 g/mol. The molecule has 2 aliphatic heterocycles. The number of piperidine rings is 1. The van der Waals surface area contributed by atoms with Gasteiger partial charge >= 0.3 is 5.97 Å². The topological polar surface area (TPSA) is 83.9 Å². The van der Waals surface area contributed by atoms with Crippen LogP contribution in [0.15, 0.2) is 0 Å². The van der Waals surface area contributed by atoms with Crippen LogP contribution in [0.25, 0.3) is 0 Å². The van der Waals surface area contributed by atoms with Gasteiger partial charge in [0.1, 0.15) is 0 Å². The van der Waals surface area contributed by atoms with E-state index in [1.54, 1.807) is 0 Å². The van der Waals surface area contributed by atoms with Crippen molar-refractivity contribution in [1.82, 2.24) is 4.31 Å².